The predicted octanol–water partition coefficient (Wildman–Crippen LogP) is 4.52. The summed E-state index contributed by atoms with van der Waals surface area (Å²) in [5.41, 5.74) is 1.56. The average Bonchev–Trinajstić information content (AvgIpc) is 2.53. The highest BCUT2D eigenvalue weighted by molar-refractivity contribution is 5.96. The number of amides is 1. The molecule has 2 aromatic carbocycles. The zero-order valence-corrected chi connectivity index (χ0v) is 15.0. The van der Waals surface area contributed by atoms with Crippen LogP contribution in [0.3, 0.4) is 0 Å². The summed E-state index contributed by atoms with van der Waals surface area (Å²) in [6.07, 6.45) is 0.936. The van der Waals surface area contributed by atoms with Crippen molar-refractivity contribution in [2.75, 3.05) is 6.54 Å². The van der Waals surface area contributed by atoms with Gasteiger partial charge < -0.3 is 10.4 Å². The monoisotopic (exact) mass is 325 g/mol. The molecule has 0 heterocycles. The smallest absolute Gasteiger partial charge is 0.255 e. The molecule has 24 heavy (non-hydrogen) atoms. The van der Waals surface area contributed by atoms with Gasteiger partial charge in [-0.1, -0.05) is 70.2 Å². The average molecular weight is 325 g/mol. The van der Waals surface area contributed by atoms with Gasteiger partial charge in [0, 0.05) is 6.54 Å². The number of para-hydroxylation sites is 1. The molecule has 0 bridgehead atoms. The van der Waals surface area contributed by atoms with E-state index in [1.54, 1.807) is 18.2 Å². The van der Waals surface area contributed by atoms with E-state index in [4.69, 9.17) is 0 Å². The van der Waals surface area contributed by atoms with Crippen LogP contribution in [0.1, 0.15) is 50.0 Å². The van der Waals surface area contributed by atoms with Crippen LogP contribution in [0, 0.1) is 5.41 Å². The van der Waals surface area contributed by atoms with Gasteiger partial charge in [0.25, 0.3) is 5.91 Å². The van der Waals surface area contributed by atoms with Gasteiger partial charge in [-0.05, 0) is 34.9 Å². The maximum Gasteiger partial charge on any atom is 0.255 e. The molecule has 0 saturated carbocycles. The molecular weight excluding hydrogens is 298 g/mol. The van der Waals surface area contributed by atoms with Crippen molar-refractivity contribution in [1.82, 2.24) is 5.32 Å². The highest BCUT2D eigenvalue weighted by Crippen LogP contribution is 2.36. The number of hydrogen-bond acceptors (Lipinski definition) is 2. The minimum absolute atomic E-state index is 0.0115. The van der Waals surface area contributed by atoms with Crippen LogP contribution in [0.5, 0.6) is 5.75 Å². The molecular formula is C21H27NO2. The Bertz CT molecular complexity index is 690. The number of carbonyl (C=O) groups excluding carboxylic acids is 1. The molecule has 3 nitrogen and oxygen atoms in total. The summed E-state index contributed by atoms with van der Waals surface area (Å²) in [6.45, 7) is 9.33. The first kappa shape index (κ1) is 18.1. The van der Waals surface area contributed by atoms with Gasteiger partial charge in [0.2, 0.25) is 0 Å². The molecule has 2 aromatic rings. The van der Waals surface area contributed by atoms with Crippen molar-refractivity contribution in [3.05, 3.63) is 65.7 Å². The van der Waals surface area contributed by atoms with E-state index in [-0.39, 0.29) is 22.5 Å². The fourth-order valence-electron chi connectivity index (χ4n) is 3.33. The van der Waals surface area contributed by atoms with E-state index in [2.05, 4.69) is 57.3 Å². The lowest BCUT2D eigenvalue weighted by Gasteiger charge is -2.35. The van der Waals surface area contributed by atoms with Crippen LogP contribution >= 0.6 is 0 Å². The summed E-state index contributed by atoms with van der Waals surface area (Å²) in [5.74, 6) is -0.226. The van der Waals surface area contributed by atoms with Gasteiger partial charge in [-0.15, -0.1) is 0 Å². The Morgan fingerprint density at radius 2 is 1.54 bits per heavy atom. The van der Waals surface area contributed by atoms with Gasteiger partial charge in [0.1, 0.15) is 5.75 Å². The van der Waals surface area contributed by atoms with Crippen LogP contribution in [0.25, 0.3) is 0 Å². The summed E-state index contributed by atoms with van der Waals surface area (Å²) in [6, 6.07) is 17.1. The summed E-state index contributed by atoms with van der Waals surface area (Å²) < 4.78 is 0. The van der Waals surface area contributed by atoms with Crippen molar-refractivity contribution in [2.45, 2.75) is 39.5 Å². The second-order valence-corrected chi connectivity index (χ2v) is 7.79. The Morgan fingerprint density at radius 1 is 0.958 bits per heavy atom. The van der Waals surface area contributed by atoms with E-state index in [1.165, 1.54) is 11.6 Å². The van der Waals surface area contributed by atoms with Gasteiger partial charge >= 0.3 is 0 Å². The number of phenolic OH excluding ortho intramolecular Hbond substituents is 1. The first-order chi connectivity index (χ1) is 11.2. The van der Waals surface area contributed by atoms with Crippen LogP contribution in [0.2, 0.25) is 0 Å². The van der Waals surface area contributed by atoms with Crippen molar-refractivity contribution >= 4 is 5.91 Å². The molecule has 0 aliphatic carbocycles. The number of nitrogens with one attached hydrogen (secondary N) is 1. The largest absolute Gasteiger partial charge is 0.507 e. The minimum Gasteiger partial charge on any atom is -0.507 e. The first-order valence-electron chi connectivity index (χ1n) is 8.33. The summed E-state index contributed by atoms with van der Waals surface area (Å²) in [5, 5.41) is 12.7. The van der Waals surface area contributed by atoms with Crippen LogP contribution in [-0.2, 0) is 5.41 Å². The molecule has 2 N–H and O–H groups in total. The summed E-state index contributed by atoms with van der Waals surface area (Å²) >= 11 is 0. The van der Waals surface area contributed by atoms with Crippen molar-refractivity contribution in [1.29, 1.82) is 0 Å². The Balaban J connectivity index is 2.01. The number of benzene rings is 2. The van der Waals surface area contributed by atoms with Gasteiger partial charge in [-0.3, -0.25) is 4.79 Å². The number of carbonyl (C=O) groups is 1. The lowest BCUT2D eigenvalue weighted by atomic mass is 9.71. The lowest BCUT2D eigenvalue weighted by Crippen LogP contribution is -2.37. The van der Waals surface area contributed by atoms with Crippen molar-refractivity contribution < 1.29 is 9.90 Å². The topological polar surface area (TPSA) is 49.3 Å². The van der Waals surface area contributed by atoms with Crippen LogP contribution in [-0.4, -0.2) is 17.6 Å². The van der Waals surface area contributed by atoms with E-state index in [0.717, 1.165) is 6.42 Å². The fraction of sp³-hybridized carbons (Fsp3) is 0.381. The number of aromatic hydroxyl groups is 1. The van der Waals surface area contributed by atoms with Crippen LogP contribution in [0.4, 0.5) is 0 Å². The van der Waals surface area contributed by atoms with Crippen LogP contribution < -0.4 is 5.32 Å². The molecule has 0 aromatic heterocycles. The lowest BCUT2D eigenvalue weighted by molar-refractivity contribution is 0.0926. The van der Waals surface area contributed by atoms with E-state index < -0.39 is 0 Å². The molecule has 0 fully saturated rings. The maximum atomic E-state index is 12.3. The zero-order valence-electron chi connectivity index (χ0n) is 15.0. The quantitative estimate of drug-likeness (QED) is 0.820. The van der Waals surface area contributed by atoms with E-state index in [1.807, 2.05) is 6.07 Å². The van der Waals surface area contributed by atoms with E-state index in [0.29, 0.717) is 12.1 Å². The van der Waals surface area contributed by atoms with E-state index in [9.17, 15) is 9.90 Å². The Kier molecular flexibility index (Phi) is 5.33. The first-order valence-corrected chi connectivity index (χ1v) is 8.33. The summed E-state index contributed by atoms with van der Waals surface area (Å²) in [4.78, 5) is 12.3. The molecule has 0 saturated heterocycles. The molecule has 0 radical (unpaired) electrons. The SMILES string of the molecule is CC(C)(CNC(=O)c1ccccc1O)CC(C)(C)c1ccccc1. The van der Waals surface area contributed by atoms with Crippen molar-refractivity contribution in [2.24, 2.45) is 5.41 Å². The number of phenols is 1. The Labute approximate surface area is 144 Å². The number of rotatable bonds is 6. The van der Waals surface area contributed by atoms with Crippen LogP contribution in [0.15, 0.2) is 54.6 Å². The van der Waals surface area contributed by atoms with Gasteiger partial charge in [-0.25, -0.2) is 0 Å². The zero-order chi connectivity index (χ0) is 17.8. The molecule has 128 valence electrons. The standard InChI is InChI=1S/C21H27NO2/c1-20(2,14-21(3,4)16-10-6-5-7-11-16)15-22-19(24)17-12-8-9-13-18(17)23/h5-13,23H,14-15H2,1-4H3,(H,22,24). The molecule has 0 atom stereocenters. The number of hydrogen-bond donors (Lipinski definition) is 2. The fourth-order valence-corrected chi connectivity index (χ4v) is 3.33. The molecule has 0 spiro atoms. The third-order valence-corrected chi connectivity index (χ3v) is 4.35. The second-order valence-electron chi connectivity index (χ2n) is 7.79. The normalized spacial score (nSPS) is 12.0. The third kappa shape index (κ3) is 4.60. The highest BCUT2D eigenvalue weighted by atomic mass is 16.3. The second kappa shape index (κ2) is 7.08. The molecule has 0 aliphatic rings. The molecule has 3 heteroatoms. The van der Waals surface area contributed by atoms with Crippen molar-refractivity contribution in [3.8, 4) is 5.75 Å². The molecule has 2 rings (SSSR count). The summed E-state index contributed by atoms with van der Waals surface area (Å²) in [7, 11) is 0. The third-order valence-electron chi connectivity index (χ3n) is 4.35. The van der Waals surface area contributed by atoms with Gasteiger partial charge in [-0.2, -0.15) is 0 Å². The predicted molar refractivity (Wildman–Crippen MR) is 98.3 cm³/mol. The molecule has 0 aliphatic heterocycles. The highest BCUT2D eigenvalue weighted by Gasteiger charge is 2.30. The minimum atomic E-state index is -0.237. The Morgan fingerprint density at radius 3 is 2.17 bits per heavy atom. The maximum absolute atomic E-state index is 12.3. The van der Waals surface area contributed by atoms with Gasteiger partial charge in [0.15, 0.2) is 0 Å². The molecule has 1 amide bonds. The van der Waals surface area contributed by atoms with E-state index >= 15 is 0 Å². The Hall–Kier alpha value is -2.29. The molecule has 0 unspecified atom stereocenters. The van der Waals surface area contributed by atoms with Crippen molar-refractivity contribution in [3.63, 3.8) is 0 Å². The van der Waals surface area contributed by atoms with Gasteiger partial charge in [0.05, 0.1) is 5.56 Å².